The molecule has 39 heavy (non-hydrogen) atoms. The summed E-state index contributed by atoms with van der Waals surface area (Å²) in [6, 6.07) is 16.3. The van der Waals surface area contributed by atoms with Crippen molar-refractivity contribution in [3.8, 4) is 5.75 Å². The number of furan rings is 1. The second-order valence-corrected chi connectivity index (χ2v) is 11.1. The maximum atomic E-state index is 11.7. The molecule has 0 bridgehead atoms. The minimum absolute atomic E-state index is 0.257. The Morgan fingerprint density at radius 3 is 2.46 bits per heavy atom. The van der Waals surface area contributed by atoms with E-state index in [9.17, 15) is 8.42 Å². The summed E-state index contributed by atoms with van der Waals surface area (Å²) in [4.78, 5) is 10.8. The highest BCUT2D eigenvalue weighted by Crippen LogP contribution is 2.32. The van der Waals surface area contributed by atoms with Crippen molar-refractivity contribution in [2.45, 2.75) is 13.1 Å². The summed E-state index contributed by atoms with van der Waals surface area (Å²) in [6.45, 7) is 1.26. The lowest BCUT2D eigenvalue weighted by Gasteiger charge is -2.15. The van der Waals surface area contributed by atoms with Crippen LogP contribution in [0.1, 0.15) is 11.5 Å². The Morgan fingerprint density at radius 2 is 1.74 bits per heavy atom. The van der Waals surface area contributed by atoms with Gasteiger partial charge in [0.05, 0.1) is 49.7 Å². The molecule has 0 aliphatic carbocycles. The number of anilines is 6. The molecule has 0 spiro atoms. The van der Waals surface area contributed by atoms with Gasteiger partial charge in [0.1, 0.15) is 22.3 Å². The highest BCUT2D eigenvalue weighted by atomic mass is 35.5. The molecule has 0 saturated carbocycles. The van der Waals surface area contributed by atoms with Gasteiger partial charge in [-0.05, 0) is 50.5 Å². The van der Waals surface area contributed by atoms with Crippen LogP contribution in [0.2, 0.25) is 5.02 Å². The first-order chi connectivity index (χ1) is 18.6. The van der Waals surface area contributed by atoms with Crippen LogP contribution in [-0.2, 0) is 23.1 Å². The number of methoxy groups -OCH3 is 1. The Balaban J connectivity index is 1.47. The smallest absolute Gasteiger partial charge is 0.229 e. The van der Waals surface area contributed by atoms with Gasteiger partial charge in [-0.1, -0.05) is 23.7 Å². The van der Waals surface area contributed by atoms with Crippen LogP contribution in [0.5, 0.6) is 5.75 Å². The molecule has 13 heteroatoms. The largest absolute Gasteiger partial charge is 0.494 e. The Labute approximate surface area is 232 Å². The topological polar surface area (TPSA) is 134 Å². The summed E-state index contributed by atoms with van der Waals surface area (Å²) < 4.78 is 37.4. The van der Waals surface area contributed by atoms with Crippen molar-refractivity contribution in [2.24, 2.45) is 0 Å². The average Bonchev–Trinajstić information content (AvgIpc) is 3.32. The molecule has 4 aromatic rings. The third-order valence-corrected chi connectivity index (χ3v) is 6.19. The number of para-hydroxylation sites is 2. The predicted molar refractivity (Wildman–Crippen MR) is 155 cm³/mol. The highest BCUT2D eigenvalue weighted by molar-refractivity contribution is 7.92. The SMILES string of the molecule is COc1cc(NCc2ccc(CN(C)C)o2)ccc1Nc1ncc(Cl)c(Nc2ccccc2NS(C)(=O)=O)n1. The third-order valence-electron chi connectivity index (χ3n) is 5.32. The minimum atomic E-state index is -3.48. The molecule has 0 atom stereocenters. The van der Waals surface area contributed by atoms with Gasteiger partial charge in [0.25, 0.3) is 0 Å². The van der Waals surface area contributed by atoms with Crippen LogP contribution in [0.25, 0.3) is 0 Å². The van der Waals surface area contributed by atoms with Gasteiger partial charge in [0.15, 0.2) is 5.82 Å². The number of rotatable bonds is 12. The first-order valence-electron chi connectivity index (χ1n) is 11.9. The zero-order valence-corrected chi connectivity index (χ0v) is 23.5. The molecule has 0 radical (unpaired) electrons. The highest BCUT2D eigenvalue weighted by Gasteiger charge is 2.13. The van der Waals surface area contributed by atoms with E-state index in [0.29, 0.717) is 35.2 Å². The molecule has 0 fully saturated rings. The number of benzene rings is 2. The molecule has 0 amide bonds. The van der Waals surface area contributed by atoms with E-state index in [0.717, 1.165) is 30.0 Å². The Bertz CT molecular complexity index is 1540. The second-order valence-electron chi connectivity index (χ2n) is 8.93. The van der Waals surface area contributed by atoms with Gasteiger partial charge in [0.2, 0.25) is 16.0 Å². The number of hydrogen-bond acceptors (Lipinski definition) is 10. The van der Waals surface area contributed by atoms with Gasteiger partial charge >= 0.3 is 0 Å². The van der Waals surface area contributed by atoms with E-state index >= 15 is 0 Å². The maximum Gasteiger partial charge on any atom is 0.229 e. The number of sulfonamides is 1. The number of nitrogens with one attached hydrogen (secondary N) is 4. The fourth-order valence-corrected chi connectivity index (χ4v) is 4.37. The molecule has 2 aromatic carbocycles. The summed E-state index contributed by atoms with van der Waals surface area (Å²) in [5.41, 5.74) is 2.32. The quantitative estimate of drug-likeness (QED) is 0.178. The van der Waals surface area contributed by atoms with E-state index in [1.165, 1.54) is 6.20 Å². The standard InChI is InChI=1S/C26H30ClN7O4S/c1-34(2)16-19-11-10-18(38-19)14-28-17-9-12-23(24(13-17)37-3)31-26-29-15-20(27)25(32-26)30-21-7-5-6-8-22(21)33-39(4,35)36/h5-13,15,28,33H,14,16H2,1-4H3,(H2,29,30,31,32). The number of halogens is 1. The van der Waals surface area contributed by atoms with Crippen LogP contribution < -0.4 is 25.4 Å². The van der Waals surface area contributed by atoms with Crippen molar-refractivity contribution in [2.75, 3.05) is 48.1 Å². The zero-order valence-electron chi connectivity index (χ0n) is 21.9. The third kappa shape index (κ3) is 7.99. The van der Waals surface area contributed by atoms with E-state index in [1.807, 2.05) is 49.3 Å². The van der Waals surface area contributed by atoms with Crippen LogP contribution in [0.4, 0.5) is 34.5 Å². The molecule has 206 valence electrons. The van der Waals surface area contributed by atoms with Gasteiger partial charge in [-0.2, -0.15) is 4.98 Å². The first kappa shape index (κ1) is 28.0. The Morgan fingerprint density at radius 1 is 1.00 bits per heavy atom. The summed E-state index contributed by atoms with van der Waals surface area (Å²) >= 11 is 6.33. The average molecular weight is 572 g/mol. The van der Waals surface area contributed by atoms with Gasteiger partial charge < -0.3 is 30.0 Å². The Kier molecular flexibility index (Phi) is 8.79. The van der Waals surface area contributed by atoms with E-state index in [-0.39, 0.29) is 11.0 Å². The van der Waals surface area contributed by atoms with Crippen molar-refractivity contribution in [3.05, 3.63) is 77.3 Å². The van der Waals surface area contributed by atoms with Crippen LogP contribution in [0, 0.1) is 0 Å². The van der Waals surface area contributed by atoms with Crippen molar-refractivity contribution in [1.82, 2.24) is 14.9 Å². The van der Waals surface area contributed by atoms with Gasteiger partial charge in [0, 0.05) is 11.8 Å². The van der Waals surface area contributed by atoms with Crippen molar-refractivity contribution < 1.29 is 17.6 Å². The number of hydrogen-bond donors (Lipinski definition) is 4. The van der Waals surface area contributed by atoms with Gasteiger partial charge in [-0.15, -0.1) is 0 Å². The number of aromatic nitrogens is 2. The minimum Gasteiger partial charge on any atom is -0.494 e. The number of nitrogens with zero attached hydrogens (tertiary/aromatic N) is 3. The molecule has 0 unspecified atom stereocenters. The summed E-state index contributed by atoms with van der Waals surface area (Å²) in [7, 11) is 2.08. The van der Waals surface area contributed by atoms with Gasteiger partial charge in [-0.25, -0.2) is 13.4 Å². The fraction of sp³-hybridized carbons (Fsp3) is 0.231. The normalized spacial score (nSPS) is 11.3. The predicted octanol–water partition coefficient (Wildman–Crippen LogP) is 5.26. The van der Waals surface area contributed by atoms with Crippen molar-refractivity contribution in [3.63, 3.8) is 0 Å². The molecule has 4 N–H and O–H groups in total. The maximum absolute atomic E-state index is 11.7. The monoisotopic (exact) mass is 571 g/mol. The lowest BCUT2D eigenvalue weighted by molar-refractivity contribution is 0.343. The molecule has 0 aliphatic heterocycles. The summed E-state index contributed by atoms with van der Waals surface area (Å²) in [6.07, 6.45) is 2.53. The molecule has 11 nitrogen and oxygen atoms in total. The van der Waals surface area contributed by atoms with Crippen LogP contribution in [0.3, 0.4) is 0 Å². The van der Waals surface area contributed by atoms with Crippen molar-refractivity contribution >= 4 is 56.1 Å². The van der Waals surface area contributed by atoms with E-state index in [2.05, 4.69) is 30.6 Å². The Hall–Kier alpha value is -4.00. The molecular weight excluding hydrogens is 542 g/mol. The van der Waals surface area contributed by atoms with E-state index in [1.54, 1.807) is 31.4 Å². The summed E-state index contributed by atoms with van der Waals surface area (Å²) in [5.74, 6) is 2.86. The molecular formula is C26H30ClN7O4S. The summed E-state index contributed by atoms with van der Waals surface area (Å²) in [5, 5.41) is 9.81. The zero-order chi connectivity index (χ0) is 28.0. The van der Waals surface area contributed by atoms with Crippen LogP contribution in [-0.4, -0.2) is 50.7 Å². The number of ether oxygens (including phenoxy) is 1. The molecule has 0 saturated heterocycles. The van der Waals surface area contributed by atoms with Crippen molar-refractivity contribution in [1.29, 1.82) is 0 Å². The van der Waals surface area contributed by atoms with Gasteiger partial charge in [-0.3, -0.25) is 4.72 Å². The van der Waals surface area contributed by atoms with Crippen LogP contribution >= 0.6 is 11.6 Å². The molecule has 0 aliphatic rings. The van der Waals surface area contributed by atoms with E-state index in [4.69, 9.17) is 20.8 Å². The van der Waals surface area contributed by atoms with E-state index < -0.39 is 10.0 Å². The molecule has 2 heterocycles. The molecule has 2 aromatic heterocycles. The first-order valence-corrected chi connectivity index (χ1v) is 14.1. The lowest BCUT2D eigenvalue weighted by atomic mass is 10.2. The lowest BCUT2D eigenvalue weighted by Crippen LogP contribution is -2.11. The fourth-order valence-electron chi connectivity index (χ4n) is 3.65. The molecule has 4 rings (SSSR count). The second kappa shape index (κ2) is 12.2. The van der Waals surface area contributed by atoms with Crippen LogP contribution in [0.15, 0.2) is 65.2 Å².